The monoisotopic (exact) mass is 615 g/mol. The molecule has 0 spiro atoms. The van der Waals surface area contributed by atoms with Crippen LogP contribution >= 0.6 is 22.6 Å². The van der Waals surface area contributed by atoms with Crippen LogP contribution in [0.4, 0.5) is 20.6 Å². The summed E-state index contributed by atoms with van der Waals surface area (Å²) in [5.41, 5.74) is 0.835. The number of hydrogen-bond acceptors (Lipinski definition) is 6. The van der Waals surface area contributed by atoms with Gasteiger partial charge in [0, 0.05) is 5.69 Å². The van der Waals surface area contributed by atoms with Crippen LogP contribution in [0.15, 0.2) is 72.3 Å². The molecule has 0 atom stereocenters. The van der Waals surface area contributed by atoms with Crippen LogP contribution in [0, 0.1) is 9.39 Å². The SMILES string of the molecule is COc1cc(/C=C2\C(=O)NC(=O)N(c3ccc(F)cc3)C2=O)cc(I)c1OCC(=O)Nc1ccccc1. The van der Waals surface area contributed by atoms with Gasteiger partial charge in [-0.25, -0.2) is 14.1 Å². The number of benzene rings is 3. The first-order valence-corrected chi connectivity index (χ1v) is 11.9. The van der Waals surface area contributed by atoms with Gasteiger partial charge in [0.1, 0.15) is 11.4 Å². The average molecular weight is 615 g/mol. The van der Waals surface area contributed by atoms with Crippen LogP contribution in [0.25, 0.3) is 6.08 Å². The number of halogens is 2. The van der Waals surface area contributed by atoms with Crippen LogP contribution in [-0.4, -0.2) is 37.5 Å². The van der Waals surface area contributed by atoms with Crippen molar-refractivity contribution < 1.29 is 33.0 Å². The summed E-state index contributed by atoms with van der Waals surface area (Å²) >= 11 is 1.98. The second kappa shape index (κ2) is 11.2. The predicted octanol–water partition coefficient (Wildman–Crippen LogP) is 4.12. The lowest BCUT2D eigenvalue weighted by molar-refractivity contribution is -0.122. The molecule has 3 aromatic rings. The zero-order valence-electron chi connectivity index (χ0n) is 19.3. The first-order chi connectivity index (χ1) is 17.8. The molecule has 1 aliphatic rings. The number of nitrogens with zero attached hydrogens (tertiary/aromatic N) is 1. The summed E-state index contributed by atoms with van der Waals surface area (Å²) in [6, 6.07) is 15.8. The molecule has 4 rings (SSSR count). The number of barbiturate groups is 1. The van der Waals surface area contributed by atoms with Crippen molar-refractivity contribution in [2.75, 3.05) is 23.9 Å². The number of para-hydroxylation sites is 1. The number of urea groups is 1. The lowest BCUT2D eigenvalue weighted by Crippen LogP contribution is -2.54. The molecule has 2 N–H and O–H groups in total. The summed E-state index contributed by atoms with van der Waals surface area (Å²) in [4.78, 5) is 50.9. The molecule has 1 saturated heterocycles. The minimum atomic E-state index is -0.941. The van der Waals surface area contributed by atoms with Crippen molar-refractivity contribution in [3.05, 3.63) is 87.3 Å². The van der Waals surface area contributed by atoms with E-state index in [-0.39, 0.29) is 29.5 Å². The number of ether oxygens (including phenoxy) is 2. The molecule has 9 nitrogen and oxygen atoms in total. The largest absolute Gasteiger partial charge is 0.493 e. The maximum absolute atomic E-state index is 13.3. The summed E-state index contributed by atoms with van der Waals surface area (Å²) in [5.74, 6) is -2.09. The van der Waals surface area contributed by atoms with E-state index in [1.165, 1.54) is 31.4 Å². The van der Waals surface area contributed by atoms with Crippen molar-refractivity contribution >= 4 is 63.8 Å². The molecule has 0 aromatic heterocycles. The summed E-state index contributed by atoms with van der Waals surface area (Å²) in [6.45, 7) is -0.280. The van der Waals surface area contributed by atoms with Crippen molar-refractivity contribution in [1.29, 1.82) is 0 Å². The highest BCUT2D eigenvalue weighted by molar-refractivity contribution is 14.1. The number of carbonyl (C=O) groups is 4. The van der Waals surface area contributed by atoms with E-state index in [9.17, 15) is 23.6 Å². The Kier molecular flexibility index (Phi) is 7.82. The Labute approximate surface area is 224 Å². The Balaban J connectivity index is 1.56. The van der Waals surface area contributed by atoms with Gasteiger partial charge in [0.05, 0.1) is 16.4 Å². The smallest absolute Gasteiger partial charge is 0.335 e. The summed E-state index contributed by atoms with van der Waals surface area (Å²) in [7, 11) is 1.41. The Morgan fingerprint density at radius 2 is 1.78 bits per heavy atom. The highest BCUT2D eigenvalue weighted by Crippen LogP contribution is 2.35. The quantitative estimate of drug-likeness (QED) is 0.235. The topological polar surface area (TPSA) is 114 Å². The number of amides is 5. The number of rotatable bonds is 7. The Bertz CT molecular complexity index is 1410. The van der Waals surface area contributed by atoms with Gasteiger partial charge in [0.2, 0.25) is 0 Å². The molecule has 0 radical (unpaired) electrons. The van der Waals surface area contributed by atoms with Gasteiger partial charge in [0.15, 0.2) is 18.1 Å². The predicted molar refractivity (Wildman–Crippen MR) is 142 cm³/mol. The van der Waals surface area contributed by atoms with E-state index in [1.807, 2.05) is 28.7 Å². The number of carbonyl (C=O) groups excluding carboxylic acids is 4. The van der Waals surface area contributed by atoms with E-state index >= 15 is 0 Å². The Morgan fingerprint density at radius 3 is 2.46 bits per heavy atom. The van der Waals surface area contributed by atoms with Crippen LogP contribution < -0.4 is 25.0 Å². The molecule has 3 aromatic carbocycles. The van der Waals surface area contributed by atoms with Crippen molar-refractivity contribution in [3.8, 4) is 11.5 Å². The van der Waals surface area contributed by atoms with Gasteiger partial charge in [-0.05, 0) is 82.8 Å². The number of anilines is 2. The molecule has 1 aliphatic heterocycles. The molecular weight excluding hydrogens is 596 g/mol. The second-order valence-corrected chi connectivity index (χ2v) is 8.83. The number of nitrogens with one attached hydrogen (secondary N) is 2. The van der Waals surface area contributed by atoms with Crippen molar-refractivity contribution in [2.24, 2.45) is 0 Å². The molecule has 0 saturated carbocycles. The third-order valence-electron chi connectivity index (χ3n) is 5.15. The van der Waals surface area contributed by atoms with Crippen LogP contribution in [0.3, 0.4) is 0 Å². The molecule has 11 heteroatoms. The number of methoxy groups -OCH3 is 1. The van der Waals surface area contributed by atoms with E-state index in [0.29, 0.717) is 20.6 Å². The fourth-order valence-electron chi connectivity index (χ4n) is 3.47. The van der Waals surface area contributed by atoms with Gasteiger partial charge in [0.25, 0.3) is 17.7 Å². The first-order valence-electron chi connectivity index (χ1n) is 10.8. The molecule has 5 amide bonds. The molecule has 0 bridgehead atoms. The molecular formula is C26H19FIN3O6. The highest BCUT2D eigenvalue weighted by atomic mass is 127. The van der Waals surface area contributed by atoms with E-state index in [4.69, 9.17) is 9.47 Å². The van der Waals surface area contributed by atoms with Gasteiger partial charge in [-0.1, -0.05) is 18.2 Å². The number of hydrogen-bond donors (Lipinski definition) is 2. The zero-order chi connectivity index (χ0) is 26.5. The minimum absolute atomic E-state index is 0.104. The lowest BCUT2D eigenvalue weighted by Gasteiger charge is -2.26. The molecule has 188 valence electrons. The van der Waals surface area contributed by atoms with Crippen LogP contribution in [0.5, 0.6) is 11.5 Å². The van der Waals surface area contributed by atoms with E-state index in [1.54, 1.807) is 30.3 Å². The summed E-state index contributed by atoms with van der Waals surface area (Å²) in [6.07, 6.45) is 1.30. The van der Waals surface area contributed by atoms with Crippen LogP contribution in [-0.2, 0) is 14.4 Å². The van der Waals surface area contributed by atoms with Crippen molar-refractivity contribution in [2.45, 2.75) is 0 Å². The van der Waals surface area contributed by atoms with Gasteiger partial charge < -0.3 is 14.8 Å². The number of imide groups is 2. The van der Waals surface area contributed by atoms with Crippen LogP contribution in [0.2, 0.25) is 0 Å². The fourth-order valence-corrected chi connectivity index (χ4v) is 4.25. The maximum atomic E-state index is 13.3. The van der Waals surface area contributed by atoms with Gasteiger partial charge in [-0.3, -0.25) is 19.7 Å². The highest BCUT2D eigenvalue weighted by Gasteiger charge is 2.36. The molecule has 1 heterocycles. The molecule has 37 heavy (non-hydrogen) atoms. The van der Waals surface area contributed by atoms with Gasteiger partial charge in [-0.15, -0.1) is 0 Å². The minimum Gasteiger partial charge on any atom is -0.493 e. The molecule has 0 unspecified atom stereocenters. The fraction of sp³-hybridized carbons (Fsp3) is 0.0769. The van der Waals surface area contributed by atoms with Gasteiger partial charge in [-0.2, -0.15) is 0 Å². The maximum Gasteiger partial charge on any atom is 0.335 e. The Morgan fingerprint density at radius 1 is 1.08 bits per heavy atom. The summed E-state index contributed by atoms with van der Waals surface area (Å²) in [5, 5.41) is 4.83. The average Bonchev–Trinajstić information content (AvgIpc) is 2.87. The van der Waals surface area contributed by atoms with Gasteiger partial charge >= 0.3 is 6.03 Å². The van der Waals surface area contributed by atoms with E-state index in [2.05, 4.69) is 10.6 Å². The zero-order valence-corrected chi connectivity index (χ0v) is 21.4. The lowest BCUT2D eigenvalue weighted by atomic mass is 10.1. The van der Waals surface area contributed by atoms with E-state index < -0.39 is 23.7 Å². The van der Waals surface area contributed by atoms with E-state index in [0.717, 1.165) is 17.0 Å². The normalized spacial score (nSPS) is 14.4. The first kappa shape index (κ1) is 25.8. The molecule has 1 fully saturated rings. The van der Waals surface area contributed by atoms with Crippen LogP contribution in [0.1, 0.15) is 5.56 Å². The standard InChI is InChI=1S/C26H19FIN3O6/c1-36-21-13-15(12-20(28)23(21)37-14-22(32)29-17-5-3-2-4-6-17)11-19-24(33)30-26(35)31(25(19)34)18-9-7-16(27)8-10-18/h2-13H,14H2,1H3,(H,29,32)(H,30,33,35)/b19-11+. The third kappa shape index (κ3) is 5.94. The second-order valence-electron chi connectivity index (χ2n) is 7.67. The molecule has 0 aliphatic carbocycles. The van der Waals surface area contributed by atoms with Crippen molar-refractivity contribution in [1.82, 2.24) is 5.32 Å². The Hall–Kier alpha value is -4.26. The third-order valence-corrected chi connectivity index (χ3v) is 5.96. The van der Waals surface area contributed by atoms with Crippen molar-refractivity contribution in [3.63, 3.8) is 0 Å². The summed E-state index contributed by atoms with van der Waals surface area (Å²) < 4.78 is 24.9.